The van der Waals surface area contributed by atoms with E-state index in [0.717, 1.165) is 18.1 Å². The average molecular weight is 560 g/mol. The number of carbonyl (C=O) groups is 1. The SMILES string of the molecule is CC(Nc1ccc(Br)cc1F)/C(=C\N(C)C(=O)CC(F)(F)F)NS(=O)C1(CC(O)CO)CC1. The number of rotatable bonds is 11. The highest BCUT2D eigenvalue weighted by atomic mass is 79.9. The maximum atomic E-state index is 14.3. The molecule has 13 heteroatoms. The van der Waals surface area contributed by atoms with Crippen LogP contribution in [0.4, 0.5) is 23.2 Å². The average Bonchev–Trinajstić information content (AvgIpc) is 3.48. The highest BCUT2D eigenvalue weighted by Gasteiger charge is 2.50. The Hall–Kier alpha value is -1.70. The molecule has 1 saturated carbocycles. The summed E-state index contributed by atoms with van der Waals surface area (Å²) in [7, 11) is -0.666. The van der Waals surface area contributed by atoms with Crippen LogP contribution < -0.4 is 10.0 Å². The Bertz CT molecular complexity index is 912. The quantitative estimate of drug-likeness (QED) is 0.312. The molecule has 33 heavy (non-hydrogen) atoms. The molecular formula is C20H26BrF4N3O4S. The van der Waals surface area contributed by atoms with E-state index in [4.69, 9.17) is 5.11 Å². The number of nitrogens with one attached hydrogen (secondary N) is 2. The first-order valence-corrected chi connectivity index (χ1v) is 11.9. The van der Waals surface area contributed by atoms with Gasteiger partial charge in [-0.2, -0.15) is 13.2 Å². The number of aliphatic hydroxyl groups is 2. The van der Waals surface area contributed by atoms with E-state index in [1.165, 1.54) is 12.1 Å². The summed E-state index contributed by atoms with van der Waals surface area (Å²) in [6.07, 6.45) is -5.30. The summed E-state index contributed by atoms with van der Waals surface area (Å²) >= 11 is 3.14. The lowest BCUT2D eigenvalue weighted by atomic mass is 10.2. The molecule has 0 saturated heterocycles. The summed E-state index contributed by atoms with van der Waals surface area (Å²) in [5.41, 5.74) is 0.170. The molecule has 0 radical (unpaired) electrons. The van der Waals surface area contributed by atoms with Gasteiger partial charge in [0.2, 0.25) is 5.91 Å². The van der Waals surface area contributed by atoms with Crippen molar-refractivity contribution >= 4 is 38.5 Å². The maximum absolute atomic E-state index is 14.3. The van der Waals surface area contributed by atoms with Gasteiger partial charge in [-0.25, -0.2) is 8.60 Å². The van der Waals surface area contributed by atoms with Crippen LogP contribution in [0.15, 0.2) is 34.6 Å². The molecule has 1 aromatic rings. The largest absolute Gasteiger partial charge is 0.397 e. The molecule has 3 unspecified atom stereocenters. The second-order valence-electron chi connectivity index (χ2n) is 7.97. The minimum absolute atomic E-state index is 0.0579. The topological polar surface area (TPSA) is 102 Å². The van der Waals surface area contributed by atoms with Crippen molar-refractivity contribution in [2.24, 2.45) is 0 Å². The molecule has 1 aliphatic carbocycles. The predicted molar refractivity (Wildman–Crippen MR) is 120 cm³/mol. The van der Waals surface area contributed by atoms with Crippen molar-refractivity contribution in [2.45, 2.75) is 55.7 Å². The summed E-state index contributed by atoms with van der Waals surface area (Å²) in [5.74, 6) is -1.82. The molecule has 0 heterocycles. The zero-order valence-corrected chi connectivity index (χ0v) is 20.4. The Kier molecular flexibility index (Phi) is 9.31. The number of halogens is 5. The van der Waals surface area contributed by atoms with E-state index in [-0.39, 0.29) is 17.8 Å². The monoisotopic (exact) mass is 559 g/mol. The van der Waals surface area contributed by atoms with Crippen molar-refractivity contribution in [3.05, 3.63) is 40.4 Å². The van der Waals surface area contributed by atoms with Crippen LogP contribution in [0.2, 0.25) is 0 Å². The van der Waals surface area contributed by atoms with E-state index >= 15 is 0 Å². The fourth-order valence-corrected chi connectivity index (χ4v) is 4.84. The number of alkyl halides is 3. The normalized spacial score (nSPS) is 18.3. The minimum atomic E-state index is -4.70. The van der Waals surface area contributed by atoms with Crippen LogP contribution in [0.3, 0.4) is 0 Å². The van der Waals surface area contributed by atoms with Crippen molar-refractivity contribution in [3.8, 4) is 0 Å². The number of anilines is 1. The number of hydrogen-bond acceptors (Lipinski definition) is 5. The van der Waals surface area contributed by atoms with Crippen LogP contribution >= 0.6 is 15.9 Å². The predicted octanol–water partition coefficient (Wildman–Crippen LogP) is 3.17. The summed E-state index contributed by atoms with van der Waals surface area (Å²) in [6, 6.07) is 3.47. The molecule has 7 nitrogen and oxygen atoms in total. The third kappa shape index (κ3) is 8.23. The van der Waals surface area contributed by atoms with Gasteiger partial charge in [-0.3, -0.25) is 4.79 Å². The first-order chi connectivity index (χ1) is 15.3. The molecule has 1 aromatic carbocycles. The minimum Gasteiger partial charge on any atom is -0.394 e. The van der Waals surface area contributed by atoms with Gasteiger partial charge in [-0.15, -0.1) is 0 Å². The molecule has 0 aromatic heterocycles. The van der Waals surface area contributed by atoms with Crippen molar-refractivity contribution in [2.75, 3.05) is 19.0 Å². The Balaban J connectivity index is 2.26. The van der Waals surface area contributed by atoms with Gasteiger partial charge in [0.15, 0.2) is 0 Å². The molecule has 2 rings (SSSR count). The Morgan fingerprint density at radius 3 is 2.55 bits per heavy atom. The molecule has 0 bridgehead atoms. The molecule has 3 atom stereocenters. The highest BCUT2D eigenvalue weighted by molar-refractivity contribution is 9.10. The molecule has 1 fully saturated rings. The molecule has 1 aliphatic rings. The van der Waals surface area contributed by atoms with E-state index in [2.05, 4.69) is 26.0 Å². The molecule has 1 amide bonds. The van der Waals surface area contributed by atoms with Crippen LogP contribution in [0.1, 0.15) is 32.6 Å². The lowest BCUT2D eigenvalue weighted by molar-refractivity contribution is -0.158. The second-order valence-corrected chi connectivity index (χ2v) is 10.5. The number of hydrogen-bond donors (Lipinski definition) is 4. The zero-order chi connectivity index (χ0) is 25.0. The van der Waals surface area contributed by atoms with E-state index in [0.29, 0.717) is 17.3 Å². The van der Waals surface area contributed by atoms with E-state index in [1.807, 2.05) is 0 Å². The molecule has 186 valence electrons. The van der Waals surface area contributed by atoms with E-state index in [1.54, 1.807) is 13.0 Å². The number of nitrogens with zero attached hydrogens (tertiary/aromatic N) is 1. The second kappa shape index (κ2) is 11.2. The first-order valence-electron chi connectivity index (χ1n) is 9.99. The number of amides is 1. The van der Waals surface area contributed by atoms with Crippen molar-refractivity contribution in [1.82, 2.24) is 9.62 Å². The van der Waals surface area contributed by atoms with Crippen molar-refractivity contribution in [3.63, 3.8) is 0 Å². The van der Waals surface area contributed by atoms with Crippen LogP contribution in [-0.2, 0) is 15.8 Å². The highest BCUT2D eigenvalue weighted by Crippen LogP contribution is 2.45. The van der Waals surface area contributed by atoms with Gasteiger partial charge >= 0.3 is 6.18 Å². The van der Waals surface area contributed by atoms with Gasteiger partial charge in [-0.05, 0) is 44.4 Å². The van der Waals surface area contributed by atoms with Gasteiger partial charge in [0.1, 0.15) is 23.2 Å². The lowest BCUT2D eigenvalue weighted by Crippen LogP contribution is -2.39. The number of carbonyl (C=O) groups excluding carboxylic acids is 1. The Morgan fingerprint density at radius 1 is 1.39 bits per heavy atom. The number of benzene rings is 1. The molecule has 0 spiro atoms. The standard InChI is InChI=1S/C20H26BrF4N3O4S/c1-12(26-16-4-3-13(21)7-15(16)22)17(10-28(2)18(31)9-20(23,24)25)27-33(32)19(5-6-19)8-14(30)11-29/h3-4,7,10,12,14,26-27,29-30H,5-6,8-9,11H2,1-2H3/b17-10+. The fourth-order valence-electron chi connectivity index (χ4n) is 3.03. The number of aliphatic hydroxyl groups excluding tert-OH is 2. The fraction of sp³-hybridized carbons (Fsp3) is 0.550. The van der Waals surface area contributed by atoms with Gasteiger partial charge < -0.3 is 25.2 Å². The third-order valence-corrected chi connectivity index (χ3v) is 7.35. The van der Waals surface area contributed by atoms with Gasteiger partial charge in [-0.1, -0.05) is 15.9 Å². The maximum Gasteiger partial charge on any atom is 0.397 e. The molecule has 0 aliphatic heterocycles. The van der Waals surface area contributed by atoms with Crippen molar-refractivity contribution in [1.29, 1.82) is 0 Å². The van der Waals surface area contributed by atoms with Crippen LogP contribution in [0.25, 0.3) is 0 Å². The molecule has 4 N–H and O–H groups in total. The van der Waals surface area contributed by atoms with Crippen LogP contribution in [0, 0.1) is 5.82 Å². The summed E-state index contributed by atoms with van der Waals surface area (Å²) in [5, 5.41) is 21.7. The van der Waals surface area contributed by atoms with Crippen LogP contribution in [0.5, 0.6) is 0 Å². The Morgan fingerprint density at radius 2 is 2.03 bits per heavy atom. The summed E-state index contributed by atoms with van der Waals surface area (Å²) in [6.45, 7) is 1.05. The van der Waals surface area contributed by atoms with Crippen LogP contribution in [-0.4, -0.2) is 62.0 Å². The summed E-state index contributed by atoms with van der Waals surface area (Å²) < 4.78 is 67.5. The summed E-state index contributed by atoms with van der Waals surface area (Å²) in [4.78, 5) is 12.7. The van der Waals surface area contributed by atoms with Gasteiger partial charge in [0.25, 0.3) is 0 Å². The smallest absolute Gasteiger partial charge is 0.394 e. The van der Waals surface area contributed by atoms with Gasteiger partial charge in [0, 0.05) is 17.7 Å². The first kappa shape index (κ1) is 27.5. The van der Waals surface area contributed by atoms with E-state index < -0.39 is 58.8 Å². The van der Waals surface area contributed by atoms with Gasteiger partial charge in [0.05, 0.1) is 34.9 Å². The third-order valence-electron chi connectivity index (χ3n) is 5.08. The zero-order valence-electron chi connectivity index (χ0n) is 18.0. The Labute approximate surface area is 199 Å². The molecular weight excluding hydrogens is 534 g/mol. The van der Waals surface area contributed by atoms with Crippen molar-refractivity contribution < 1.29 is 36.8 Å². The lowest BCUT2D eigenvalue weighted by Gasteiger charge is -2.26. The van der Waals surface area contributed by atoms with E-state index in [9.17, 15) is 31.7 Å².